The first-order chi connectivity index (χ1) is 11.3. The molecule has 1 saturated heterocycles. The molecule has 2 aromatic rings. The lowest BCUT2D eigenvalue weighted by Crippen LogP contribution is -2.43. The van der Waals surface area contributed by atoms with E-state index in [1.165, 1.54) is 0 Å². The smallest absolute Gasteiger partial charge is 0.257 e. The van der Waals surface area contributed by atoms with E-state index < -0.39 is 0 Å². The van der Waals surface area contributed by atoms with E-state index in [1.807, 2.05) is 48.9 Å². The van der Waals surface area contributed by atoms with Gasteiger partial charge in [0.25, 0.3) is 5.91 Å². The quantitative estimate of drug-likeness (QED) is 0.817. The molecule has 0 atom stereocenters. The Bertz CT molecular complexity index is 675. The first-order valence-corrected chi connectivity index (χ1v) is 8.86. The zero-order valence-corrected chi connectivity index (χ0v) is 15.1. The van der Waals surface area contributed by atoms with E-state index >= 15 is 0 Å². The maximum absolute atomic E-state index is 12.4. The van der Waals surface area contributed by atoms with Crippen molar-refractivity contribution in [3.63, 3.8) is 0 Å². The summed E-state index contributed by atoms with van der Waals surface area (Å²) in [4.78, 5) is 20.0. The molecule has 7 heteroatoms. The van der Waals surface area contributed by atoms with Crippen molar-refractivity contribution in [3.05, 3.63) is 48.2 Å². The molecule has 1 aliphatic rings. The molecule has 0 bridgehead atoms. The van der Waals surface area contributed by atoms with Gasteiger partial charge in [-0.25, -0.2) is 4.98 Å². The van der Waals surface area contributed by atoms with E-state index in [9.17, 15) is 4.79 Å². The Labute approximate surface area is 152 Å². The van der Waals surface area contributed by atoms with Crippen molar-refractivity contribution in [1.29, 1.82) is 0 Å². The lowest BCUT2D eigenvalue weighted by molar-refractivity contribution is 0.102. The lowest BCUT2D eigenvalue weighted by Gasteiger charge is -2.29. The number of benzene rings is 1. The summed E-state index contributed by atoms with van der Waals surface area (Å²) >= 11 is 1.56. The van der Waals surface area contributed by atoms with Crippen LogP contribution in [0.4, 0.5) is 11.5 Å². The van der Waals surface area contributed by atoms with E-state index in [2.05, 4.69) is 20.5 Å². The molecule has 1 fully saturated rings. The second kappa shape index (κ2) is 8.92. The molecule has 0 aliphatic carbocycles. The lowest BCUT2D eigenvalue weighted by atomic mass is 10.2. The van der Waals surface area contributed by atoms with Crippen LogP contribution in [-0.4, -0.2) is 43.3 Å². The van der Waals surface area contributed by atoms with Gasteiger partial charge in [0.2, 0.25) is 0 Å². The highest BCUT2D eigenvalue weighted by molar-refractivity contribution is 7.98. The number of hydrogen-bond acceptors (Lipinski definition) is 5. The standard InChI is InChI=1S/C17H20N4OS.ClH/c1-23-15-5-3-2-4-14(15)17(22)20-16-7-6-13(12-19-16)21-10-8-18-9-11-21;/h2-7,12,18H,8-11H2,1H3,(H,19,20,22);1H. The SMILES string of the molecule is CSc1ccccc1C(=O)Nc1ccc(N2CCNCC2)cn1.Cl. The molecule has 3 rings (SSSR count). The molecule has 5 nitrogen and oxygen atoms in total. The zero-order valence-electron chi connectivity index (χ0n) is 13.5. The number of carbonyl (C=O) groups excluding carboxylic acids is 1. The molecule has 0 spiro atoms. The monoisotopic (exact) mass is 364 g/mol. The molecule has 24 heavy (non-hydrogen) atoms. The minimum absolute atomic E-state index is 0. The van der Waals surface area contributed by atoms with Crippen LogP contribution in [0.25, 0.3) is 0 Å². The predicted molar refractivity (Wildman–Crippen MR) is 103 cm³/mol. The minimum atomic E-state index is -0.127. The number of piperazine rings is 1. The third-order valence-corrected chi connectivity index (χ3v) is 4.62. The van der Waals surface area contributed by atoms with E-state index in [1.54, 1.807) is 11.8 Å². The van der Waals surface area contributed by atoms with Crippen LogP contribution in [0.3, 0.4) is 0 Å². The minimum Gasteiger partial charge on any atom is -0.368 e. The summed E-state index contributed by atoms with van der Waals surface area (Å²) < 4.78 is 0. The van der Waals surface area contributed by atoms with Crippen LogP contribution < -0.4 is 15.5 Å². The molecule has 128 valence electrons. The van der Waals surface area contributed by atoms with Crippen LogP contribution in [-0.2, 0) is 0 Å². The van der Waals surface area contributed by atoms with Crippen LogP contribution in [0.2, 0.25) is 0 Å². The fraction of sp³-hybridized carbons (Fsp3) is 0.294. The molecule has 1 aliphatic heterocycles. The Morgan fingerprint density at radius 1 is 1.21 bits per heavy atom. The van der Waals surface area contributed by atoms with Crippen molar-refractivity contribution in [2.24, 2.45) is 0 Å². The number of nitrogens with zero attached hydrogens (tertiary/aromatic N) is 2. The Kier molecular flexibility index (Phi) is 6.90. The van der Waals surface area contributed by atoms with Crippen LogP contribution in [0.1, 0.15) is 10.4 Å². The Balaban J connectivity index is 0.00000208. The summed E-state index contributed by atoms with van der Waals surface area (Å²) in [7, 11) is 0. The average molecular weight is 365 g/mol. The zero-order chi connectivity index (χ0) is 16.1. The van der Waals surface area contributed by atoms with Crippen molar-refractivity contribution in [3.8, 4) is 0 Å². The fourth-order valence-electron chi connectivity index (χ4n) is 2.59. The normalized spacial score (nSPS) is 14.0. The second-order valence-corrected chi connectivity index (χ2v) is 6.14. The second-order valence-electron chi connectivity index (χ2n) is 5.29. The van der Waals surface area contributed by atoms with Crippen molar-refractivity contribution in [1.82, 2.24) is 10.3 Å². The first-order valence-electron chi connectivity index (χ1n) is 7.64. The number of carbonyl (C=O) groups is 1. The number of halogens is 1. The number of nitrogens with one attached hydrogen (secondary N) is 2. The Hall–Kier alpha value is -1.76. The molecule has 0 saturated carbocycles. The topological polar surface area (TPSA) is 57.3 Å². The summed E-state index contributed by atoms with van der Waals surface area (Å²) in [6.45, 7) is 3.94. The number of thioether (sulfide) groups is 1. The Morgan fingerprint density at radius 3 is 2.62 bits per heavy atom. The van der Waals surface area contributed by atoms with Crippen LogP contribution >= 0.6 is 24.2 Å². The summed E-state index contributed by atoms with van der Waals surface area (Å²) in [5.41, 5.74) is 1.77. The van der Waals surface area contributed by atoms with Gasteiger partial charge in [0.1, 0.15) is 5.82 Å². The maximum atomic E-state index is 12.4. The van der Waals surface area contributed by atoms with E-state index in [4.69, 9.17) is 0 Å². The summed E-state index contributed by atoms with van der Waals surface area (Å²) in [5.74, 6) is 0.446. The van der Waals surface area contributed by atoms with Gasteiger partial charge in [0.05, 0.1) is 17.4 Å². The van der Waals surface area contributed by atoms with E-state index in [-0.39, 0.29) is 18.3 Å². The fourth-order valence-corrected chi connectivity index (χ4v) is 3.18. The first kappa shape index (κ1) is 18.6. The molecule has 0 radical (unpaired) electrons. The highest BCUT2D eigenvalue weighted by Gasteiger charge is 2.13. The van der Waals surface area contributed by atoms with Gasteiger partial charge in [-0.1, -0.05) is 12.1 Å². The van der Waals surface area contributed by atoms with Gasteiger partial charge in [-0.3, -0.25) is 4.79 Å². The molecule has 2 heterocycles. The van der Waals surface area contributed by atoms with Crippen LogP contribution in [0, 0.1) is 0 Å². The largest absolute Gasteiger partial charge is 0.368 e. The molecule has 2 N–H and O–H groups in total. The van der Waals surface area contributed by atoms with Crippen molar-refractivity contribution in [2.75, 3.05) is 42.7 Å². The number of rotatable bonds is 4. The number of hydrogen-bond donors (Lipinski definition) is 2. The van der Waals surface area contributed by atoms with Gasteiger partial charge >= 0.3 is 0 Å². The molecular weight excluding hydrogens is 344 g/mol. The summed E-state index contributed by atoms with van der Waals surface area (Å²) in [6, 6.07) is 11.4. The number of anilines is 2. The van der Waals surface area contributed by atoms with Gasteiger partial charge in [0, 0.05) is 31.1 Å². The highest BCUT2D eigenvalue weighted by Crippen LogP contribution is 2.21. The third-order valence-electron chi connectivity index (χ3n) is 3.82. The van der Waals surface area contributed by atoms with Gasteiger partial charge in [-0.15, -0.1) is 24.2 Å². The van der Waals surface area contributed by atoms with E-state index in [0.29, 0.717) is 11.4 Å². The van der Waals surface area contributed by atoms with Crippen molar-refractivity contribution in [2.45, 2.75) is 4.90 Å². The number of aromatic nitrogens is 1. The molecule has 1 amide bonds. The Morgan fingerprint density at radius 2 is 1.96 bits per heavy atom. The third kappa shape index (κ3) is 4.41. The molecule has 0 unspecified atom stereocenters. The maximum Gasteiger partial charge on any atom is 0.257 e. The summed E-state index contributed by atoms with van der Waals surface area (Å²) in [6.07, 6.45) is 3.79. The van der Waals surface area contributed by atoms with Crippen molar-refractivity contribution < 1.29 is 4.79 Å². The molecule has 1 aromatic heterocycles. The van der Waals surface area contributed by atoms with Crippen LogP contribution in [0.15, 0.2) is 47.5 Å². The molecular formula is C17H21ClN4OS. The van der Waals surface area contributed by atoms with Crippen molar-refractivity contribution >= 4 is 41.6 Å². The van der Waals surface area contributed by atoms with Gasteiger partial charge < -0.3 is 15.5 Å². The van der Waals surface area contributed by atoms with Gasteiger partial charge in [0.15, 0.2) is 0 Å². The van der Waals surface area contributed by atoms with E-state index in [0.717, 1.165) is 36.8 Å². The van der Waals surface area contributed by atoms with Gasteiger partial charge in [-0.2, -0.15) is 0 Å². The number of pyridine rings is 1. The number of amides is 1. The predicted octanol–water partition coefficient (Wildman–Crippen LogP) is 2.89. The average Bonchev–Trinajstić information content (AvgIpc) is 2.63. The highest BCUT2D eigenvalue weighted by atomic mass is 35.5. The summed E-state index contributed by atoms with van der Waals surface area (Å²) in [5, 5.41) is 6.20. The molecule has 1 aromatic carbocycles. The van der Waals surface area contributed by atoms with Gasteiger partial charge in [-0.05, 0) is 30.5 Å². The van der Waals surface area contributed by atoms with Crippen LogP contribution in [0.5, 0.6) is 0 Å².